The fourth-order valence-electron chi connectivity index (χ4n) is 2.70. The van der Waals surface area contributed by atoms with Gasteiger partial charge in [-0.3, -0.25) is 0 Å². The number of nitrogens with zero attached hydrogens (tertiary/aromatic N) is 1. The summed E-state index contributed by atoms with van der Waals surface area (Å²) < 4.78 is 25.8. The second kappa shape index (κ2) is 3.65. The van der Waals surface area contributed by atoms with Gasteiger partial charge >= 0.3 is 0 Å². The highest BCUT2D eigenvalue weighted by atomic mass is 19.3. The molecule has 1 heterocycles. The summed E-state index contributed by atoms with van der Waals surface area (Å²) in [7, 11) is 0. The van der Waals surface area contributed by atoms with E-state index in [9.17, 15) is 13.6 Å². The average Bonchev–Trinajstić information content (AvgIpc) is 2.16. The molecule has 1 aliphatic carbocycles. The summed E-state index contributed by atoms with van der Waals surface area (Å²) in [6, 6.07) is 0. The van der Waals surface area contributed by atoms with Gasteiger partial charge in [-0.1, -0.05) is 0 Å². The predicted octanol–water partition coefficient (Wildman–Crippen LogP) is 1.49. The van der Waals surface area contributed by atoms with Crippen molar-refractivity contribution >= 4 is 6.08 Å². The molecule has 1 saturated heterocycles. The van der Waals surface area contributed by atoms with Gasteiger partial charge in [0.25, 0.3) is 5.92 Å². The minimum Gasteiger partial charge on any atom is -0.316 e. The van der Waals surface area contributed by atoms with E-state index in [0.29, 0.717) is 6.54 Å². The van der Waals surface area contributed by atoms with Crippen LogP contribution >= 0.6 is 0 Å². The maximum Gasteiger partial charge on any atom is 0.252 e. The lowest BCUT2D eigenvalue weighted by Gasteiger charge is -2.49. The Morgan fingerprint density at radius 3 is 2.60 bits per heavy atom. The quantitative estimate of drug-likeness (QED) is 0.561. The first-order valence-electron chi connectivity index (χ1n) is 5.26. The van der Waals surface area contributed by atoms with Crippen LogP contribution in [-0.4, -0.2) is 30.6 Å². The third-order valence-electron chi connectivity index (χ3n) is 3.45. The Labute approximate surface area is 86.9 Å². The van der Waals surface area contributed by atoms with Crippen LogP contribution < -0.4 is 5.32 Å². The number of aliphatic imine (C=N–C) groups is 1. The van der Waals surface area contributed by atoms with Crippen LogP contribution in [0.4, 0.5) is 8.78 Å². The molecule has 1 aliphatic heterocycles. The second-order valence-corrected chi connectivity index (χ2v) is 4.56. The molecule has 5 heteroatoms. The van der Waals surface area contributed by atoms with E-state index in [1.54, 1.807) is 0 Å². The zero-order chi connectivity index (χ0) is 10.9. The first kappa shape index (κ1) is 10.7. The summed E-state index contributed by atoms with van der Waals surface area (Å²) in [5, 5.41) is 3.16. The first-order valence-corrected chi connectivity index (χ1v) is 5.26. The summed E-state index contributed by atoms with van der Waals surface area (Å²) in [6.07, 6.45) is 2.71. The minimum atomic E-state index is -2.64. The molecule has 0 spiro atoms. The Hall–Kier alpha value is -0.800. The molecule has 1 unspecified atom stereocenters. The molecule has 0 radical (unpaired) electrons. The normalized spacial score (nSPS) is 32.5. The number of isocyanates is 1. The van der Waals surface area contributed by atoms with Crippen LogP contribution in [-0.2, 0) is 4.79 Å². The third-order valence-corrected chi connectivity index (χ3v) is 3.45. The second-order valence-electron chi connectivity index (χ2n) is 4.56. The summed E-state index contributed by atoms with van der Waals surface area (Å²) in [5.41, 5.74) is -0.835. The van der Waals surface area contributed by atoms with Crippen molar-refractivity contribution in [2.24, 2.45) is 10.9 Å². The van der Waals surface area contributed by atoms with Crippen molar-refractivity contribution in [2.75, 3.05) is 13.1 Å². The van der Waals surface area contributed by atoms with E-state index in [1.807, 2.05) is 0 Å². The monoisotopic (exact) mass is 216 g/mol. The molecule has 1 saturated carbocycles. The minimum absolute atomic E-state index is 0.0623. The van der Waals surface area contributed by atoms with Crippen molar-refractivity contribution in [3.8, 4) is 0 Å². The van der Waals surface area contributed by atoms with E-state index in [4.69, 9.17) is 0 Å². The van der Waals surface area contributed by atoms with Crippen LogP contribution in [0.5, 0.6) is 0 Å². The van der Waals surface area contributed by atoms with Crippen LogP contribution in [0.25, 0.3) is 0 Å². The highest BCUT2D eigenvalue weighted by molar-refractivity contribution is 5.36. The van der Waals surface area contributed by atoms with Gasteiger partial charge in [-0.2, -0.15) is 4.99 Å². The van der Waals surface area contributed by atoms with Crippen LogP contribution in [0.2, 0.25) is 0 Å². The summed E-state index contributed by atoms with van der Waals surface area (Å²) >= 11 is 0. The van der Waals surface area contributed by atoms with E-state index < -0.39 is 11.5 Å². The van der Waals surface area contributed by atoms with Crippen LogP contribution in [0, 0.1) is 5.92 Å². The van der Waals surface area contributed by atoms with Gasteiger partial charge in [-0.05, 0) is 25.3 Å². The zero-order valence-electron chi connectivity index (χ0n) is 8.43. The number of nitrogens with one attached hydrogen (secondary N) is 1. The summed E-state index contributed by atoms with van der Waals surface area (Å²) in [5.74, 6) is -2.58. The van der Waals surface area contributed by atoms with Crippen LogP contribution in [0.1, 0.15) is 25.7 Å². The summed E-state index contributed by atoms with van der Waals surface area (Å²) in [6.45, 7) is 1.61. The standard InChI is InChI=1S/C10H14F2N2O/c11-10(12)5-9(6-10,14-7-15)8-2-1-3-13-4-8/h8,13H,1-6H2. The highest BCUT2D eigenvalue weighted by Gasteiger charge is 2.60. The van der Waals surface area contributed by atoms with Gasteiger partial charge in [0.15, 0.2) is 0 Å². The molecule has 3 nitrogen and oxygen atoms in total. The fraction of sp³-hybridized carbons (Fsp3) is 0.900. The molecular weight excluding hydrogens is 202 g/mol. The van der Waals surface area contributed by atoms with Gasteiger partial charge in [-0.15, -0.1) is 0 Å². The van der Waals surface area contributed by atoms with E-state index in [2.05, 4.69) is 10.3 Å². The van der Waals surface area contributed by atoms with Crippen LogP contribution in [0.3, 0.4) is 0 Å². The van der Waals surface area contributed by atoms with Crippen molar-refractivity contribution in [2.45, 2.75) is 37.1 Å². The molecule has 0 aromatic carbocycles. The van der Waals surface area contributed by atoms with Gasteiger partial charge in [0.1, 0.15) is 0 Å². The Morgan fingerprint density at radius 1 is 1.40 bits per heavy atom. The van der Waals surface area contributed by atoms with Crippen molar-refractivity contribution in [1.82, 2.24) is 5.32 Å². The molecule has 0 aromatic heterocycles. The fourth-order valence-corrected chi connectivity index (χ4v) is 2.70. The van der Waals surface area contributed by atoms with Crippen LogP contribution in [0.15, 0.2) is 4.99 Å². The first-order chi connectivity index (χ1) is 7.08. The average molecular weight is 216 g/mol. The smallest absolute Gasteiger partial charge is 0.252 e. The van der Waals surface area contributed by atoms with Gasteiger partial charge in [0, 0.05) is 19.4 Å². The number of piperidine rings is 1. The molecule has 84 valence electrons. The van der Waals surface area contributed by atoms with Crippen molar-refractivity contribution in [3.63, 3.8) is 0 Å². The molecule has 15 heavy (non-hydrogen) atoms. The topological polar surface area (TPSA) is 41.5 Å². The van der Waals surface area contributed by atoms with E-state index in [0.717, 1.165) is 19.4 Å². The molecular formula is C10H14F2N2O. The molecule has 0 aromatic rings. The molecule has 2 fully saturated rings. The molecule has 1 atom stereocenters. The zero-order valence-corrected chi connectivity index (χ0v) is 8.43. The van der Waals surface area contributed by atoms with E-state index in [1.165, 1.54) is 6.08 Å². The summed E-state index contributed by atoms with van der Waals surface area (Å²) in [4.78, 5) is 14.0. The van der Waals surface area contributed by atoms with E-state index >= 15 is 0 Å². The van der Waals surface area contributed by atoms with Gasteiger partial charge in [-0.25, -0.2) is 13.6 Å². The molecule has 1 N–H and O–H groups in total. The Morgan fingerprint density at radius 2 is 2.13 bits per heavy atom. The largest absolute Gasteiger partial charge is 0.316 e. The lowest BCUT2D eigenvalue weighted by atomic mass is 9.64. The number of hydrogen-bond donors (Lipinski definition) is 1. The van der Waals surface area contributed by atoms with Crippen molar-refractivity contribution in [1.29, 1.82) is 0 Å². The van der Waals surface area contributed by atoms with Crippen molar-refractivity contribution < 1.29 is 13.6 Å². The number of hydrogen-bond acceptors (Lipinski definition) is 3. The van der Waals surface area contributed by atoms with Gasteiger partial charge < -0.3 is 5.32 Å². The maximum atomic E-state index is 12.9. The van der Waals surface area contributed by atoms with Gasteiger partial charge in [0.05, 0.1) is 5.54 Å². The number of alkyl halides is 2. The molecule has 2 rings (SSSR count). The lowest BCUT2D eigenvalue weighted by Crippen LogP contribution is -2.58. The Bertz CT molecular complexity index is 286. The van der Waals surface area contributed by atoms with Gasteiger partial charge in [0.2, 0.25) is 6.08 Å². The predicted molar refractivity (Wildman–Crippen MR) is 50.6 cm³/mol. The number of halogens is 2. The number of carbonyl (C=O) groups excluding carboxylic acids is 1. The van der Waals surface area contributed by atoms with E-state index in [-0.39, 0.29) is 18.8 Å². The molecule has 2 aliphatic rings. The van der Waals surface area contributed by atoms with Crippen molar-refractivity contribution in [3.05, 3.63) is 0 Å². The number of rotatable bonds is 2. The lowest BCUT2D eigenvalue weighted by molar-refractivity contribution is -0.140. The molecule has 0 amide bonds. The third kappa shape index (κ3) is 1.94. The maximum absolute atomic E-state index is 12.9. The molecule has 0 bridgehead atoms. The highest BCUT2D eigenvalue weighted by Crippen LogP contribution is 2.53. The SMILES string of the molecule is O=C=NC1(C2CCCNC2)CC(F)(F)C1. The Balaban J connectivity index is 2.10. The Kier molecular flexibility index (Phi) is 2.61.